The minimum Gasteiger partial charge on any atom is -0.304 e. The van der Waals surface area contributed by atoms with Gasteiger partial charge in [-0.05, 0) is 119 Å². The highest BCUT2D eigenvalue weighted by Gasteiger charge is 2.33. The highest BCUT2D eigenvalue weighted by molar-refractivity contribution is 6.75. The first-order valence-corrected chi connectivity index (χ1v) is 28.6. The van der Waals surface area contributed by atoms with E-state index in [1.165, 1.54) is 32.3 Å². The first-order valence-electron chi connectivity index (χ1n) is 20.0. The van der Waals surface area contributed by atoms with E-state index in [9.17, 15) is 0 Å². The van der Waals surface area contributed by atoms with Crippen LogP contribution in [0.1, 0.15) is 0 Å². The molecule has 280 valence electrons. The first kappa shape index (κ1) is 35.0. The lowest BCUT2D eigenvalue weighted by molar-refractivity contribution is 1.17. The van der Waals surface area contributed by atoms with Gasteiger partial charge in [0.1, 0.15) is 0 Å². The molecule has 7 nitrogen and oxygen atoms in total. The Labute approximate surface area is 339 Å². The Morgan fingerprint density at radius 3 is 1.50 bits per heavy atom. The van der Waals surface area contributed by atoms with Gasteiger partial charge < -0.3 is 4.90 Å². The molecule has 0 radical (unpaired) electrons. The van der Waals surface area contributed by atoms with Crippen molar-refractivity contribution in [2.75, 3.05) is 4.90 Å². The molecule has 3 aliphatic heterocycles. The molecular formula is C48H41N7Si3. The van der Waals surface area contributed by atoms with Gasteiger partial charge in [0, 0.05) is 11.1 Å². The summed E-state index contributed by atoms with van der Waals surface area (Å²) in [6, 6.07) is 50.4. The smallest absolute Gasteiger partial charge is 0.298 e. The molecule has 0 aromatic heterocycles. The van der Waals surface area contributed by atoms with E-state index in [0.29, 0.717) is 0 Å². The van der Waals surface area contributed by atoms with Gasteiger partial charge in [0.25, 0.3) is 25.2 Å². The lowest BCUT2D eigenvalue weighted by atomic mass is 9.96. The van der Waals surface area contributed by atoms with Crippen molar-refractivity contribution in [2.24, 2.45) is 27.9 Å². The molecule has 3 heterocycles. The van der Waals surface area contributed by atoms with Gasteiger partial charge in [-0.3, -0.25) is 27.9 Å². The van der Waals surface area contributed by atoms with E-state index >= 15 is 0 Å². The number of hydrogen-bond acceptors (Lipinski definition) is 7. The minimum absolute atomic E-state index is 0.912. The summed E-state index contributed by atoms with van der Waals surface area (Å²) in [5, 5.41) is 12.9. The standard InChI is InChI=1S/C48H41N7Si3/c1-56(2)49-40-16-11-17-41(46(40)52-56)55(42-26-24-37(44-47(42)53-57(3,4)50-44)34-22-18-30-12-7-8-14-33(30)28-34)43-27-25-38(45-48(43)54-58(5,6)51-45)35-23-21-32-20-19-31-13-9-10-15-36(31)39(32)29-35/h7-29H,1-6H3. The molecule has 0 atom stereocenters. The van der Waals surface area contributed by atoms with Crippen molar-refractivity contribution in [3.63, 3.8) is 0 Å². The fourth-order valence-corrected chi connectivity index (χ4v) is 13.7. The second-order valence-corrected chi connectivity index (χ2v) is 27.4. The predicted molar refractivity (Wildman–Crippen MR) is 244 cm³/mol. The van der Waals surface area contributed by atoms with Gasteiger partial charge in [-0.2, -0.15) is 0 Å². The molecule has 0 saturated carbocycles. The van der Waals surface area contributed by atoms with Crippen molar-refractivity contribution in [1.29, 1.82) is 0 Å². The topological polar surface area (TPSA) is 77.4 Å². The third-order valence-corrected chi connectivity index (χ3v) is 16.1. The van der Waals surface area contributed by atoms with Gasteiger partial charge in [0.2, 0.25) is 0 Å². The minimum atomic E-state index is -2.40. The Morgan fingerprint density at radius 2 is 0.828 bits per heavy atom. The summed E-state index contributed by atoms with van der Waals surface area (Å²) in [5.41, 5.74) is 7.34. The molecule has 0 spiro atoms. The molecule has 0 N–H and O–H groups in total. The third-order valence-electron chi connectivity index (χ3n) is 11.4. The summed E-state index contributed by atoms with van der Waals surface area (Å²) >= 11 is 0. The van der Waals surface area contributed by atoms with E-state index < -0.39 is 25.2 Å². The van der Waals surface area contributed by atoms with Crippen LogP contribution < -0.4 is 37.0 Å². The largest absolute Gasteiger partial charge is 0.304 e. The molecule has 58 heavy (non-hydrogen) atoms. The highest BCUT2D eigenvalue weighted by atomic mass is 28.4. The van der Waals surface area contributed by atoms with Crippen molar-refractivity contribution >= 4 is 74.6 Å². The van der Waals surface area contributed by atoms with Crippen LogP contribution >= 0.6 is 0 Å². The lowest BCUT2D eigenvalue weighted by Gasteiger charge is -2.26. The van der Waals surface area contributed by atoms with Crippen LogP contribution in [0.15, 0.2) is 167 Å². The molecule has 8 aromatic carbocycles. The quantitative estimate of drug-likeness (QED) is 0.127. The third kappa shape index (κ3) is 5.65. The molecular weight excluding hydrogens is 759 g/mol. The van der Waals surface area contributed by atoms with Crippen molar-refractivity contribution in [1.82, 2.24) is 0 Å². The van der Waals surface area contributed by atoms with Crippen LogP contribution in [-0.4, -0.2) is 25.2 Å². The highest BCUT2D eigenvalue weighted by Crippen LogP contribution is 2.34. The molecule has 8 aromatic rings. The molecule has 0 fully saturated rings. The number of benzene rings is 8. The monoisotopic (exact) mass is 799 g/mol. The SMILES string of the molecule is C[Si]1(C)N=c2cccc(N(c3ccc(-c4ccc5ccccc5c4)c4c3=N[Si](C)(C)N=4)c3ccc(-c4ccc5ccc6ccccc6c5c4)c4c3=N[Si](C)(C)N=4)c2=N1. The van der Waals surface area contributed by atoms with Crippen molar-refractivity contribution < 1.29 is 0 Å². The normalized spacial score (nSPS) is 16.3. The maximum atomic E-state index is 5.53. The predicted octanol–water partition coefficient (Wildman–Crippen LogP) is 8.81. The van der Waals surface area contributed by atoms with E-state index in [1.54, 1.807) is 0 Å². The van der Waals surface area contributed by atoms with Crippen LogP contribution in [0.3, 0.4) is 0 Å². The fraction of sp³-hybridized carbons (Fsp3) is 0.125. The summed E-state index contributed by atoms with van der Waals surface area (Å²) < 4.78 is 32.5. The Balaban J connectivity index is 1.19. The number of nitrogens with zero attached hydrogens (tertiary/aromatic N) is 7. The second-order valence-electron chi connectivity index (χ2n) is 17.1. The second kappa shape index (κ2) is 12.4. The van der Waals surface area contributed by atoms with Crippen LogP contribution in [-0.2, 0) is 0 Å². The van der Waals surface area contributed by atoms with Gasteiger partial charge in [0.15, 0.2) is 0 Å². The van der Waals surface area contributed by atoms with E-state index in [2.05, 4.69) is 184 Å². The van der Waals surface area contributed by atoms with Gasteiger partial charge >= 0.3 is 0 Å². The van der Waals surface area contributed by atoms with Crippen molar-refractivity contribution in [2.45, 2.75) is 39.3 Å². The Bertz CT molecular complexity index is 3530. The molecule has 0 amide bonds. The summed E-state index contributed by atoms with van der Waals surface area (Å²) in [6.07, 6.45) is 0. The van der Waals surface area contributed by atoms with Crippen LogP contribution in [0.2, 0.25) is 39.3 Å². The maximum absolute atomic E-state index is 5.53. The molecule has 0 bridgehead atoms. The zero-order valence-corrected chi connectivity index (χ0v) is 36.4. The summed E-state index contributed by atoms with van der Waals surface area (Å²) in [4.78, 5) is 2.34. The Kier molecular flexibility index (Phi) is 7.48. The molecule has 0 saturated heterocycles. The molecule has 0 aliphatic carbocycles. The number of fused-ring (bicyclic) bond motifs is 7. The summed E-state index contributed by atoms with van der Waals surface area (Å²) in [7, 11) is -6.99. The number of rotatable bonds is 5. The zero-order valence-electron chi connectivity index (χ0n) is 33.4. The Morgan fingerprint density at radius 1 is 0.345 bits per heavy atom. The van der Waals surface area contributed by atoms with Crippen LogP contribution in [0.5, 0.6) is 0 Å². The van der Waals surface area contributed by atoms with Gasteiger partial charge in [-0.25, -0.2) is 0 Å². The molecule has 10 heteroatoms. The maximum Gasteiger partial charge on any atom is 0.298 e. The van der Waals surface area contributed by atoms with E-state index in [-0.39, 0.29) is 0 Å². The van der Waals surface area contributed by atoms with Crippen LogP contribution in [0.4, 0.5) is 17.1 Å². The van der Waals surface area contributed by atoms with Gasteiger partial charge in [0.05, 0.1) is 49.2 Å². The average Bonchev–Trinajstić information content (AvgIpc) is 3.84. The van der Waals surface area contributed by atoms with E-state index in [4.69, 9.17) is 27.9 Å². The summed E-state index contributed by atoms with van der Waals surface area (Å²) in [6.45, 7) is 13.3. The van der Waals surface area contributed by atoms with E-state index in [1.807, 2.05) is 0 Å². The molecule has 0 unspecified atom stereocenters. The molecule has 3 aliphatic rings. The van der Waals surface area contributed by atoms with Crippen molar-refractivity contribution in [3.8, 4) is 22.3 Å². The van der Waals surface area contributed by atoms with Crippen molar-refractivity contribution in [3.05, 3.63) is 172 Å². The van der Waals surface area contributed by atoms with E-state index in [0.717, 1.165) is 71.5 Å². The van der Waals surface area contributed by atoms with Gasteiger partial charge in [-0.15, -0.1) is 0 Å². The Hall–Kier alpha value is -6.21. The van der Waals surface area contributed by atoms with Crippen LogP contribution in [0, 0.1) is 0 Å². The van der Waals surface area contributed by atoms with Gasteiger partial charge in [-0.1, -0.05) is 103 Å². The average molecular weight is 800 g/mol. The number of hydrogen-bond donors (Lipinski definition) is 0. The zero-order chi connectivity index (χ0) is 39.6. The lowest BCUT2D eigenvalue weighted by Crippen LogP contribution is -2.38. The summed E-state index contributed by atoms with van der Waals surface area (Å²) in [5.74, 6) is 0. The van der Waals surface area contributed by atoms with Crippen LogP contribution in [0.25, 0.3) is 54.6 Å². The first-order chi connectivity index (χ1) is 27.9. The molecule has 11 rings (SSSR count). The fourth-order valence-electron chi connectivity index (χ4n) is 8.97. The number of anilines is 3.